The first-order valence-corrected chi connectivity index (χ1v) is 45.0. The highest BCUT2D eigenvalue weighted by Crippen LogP contribution is 2.49. The molecule has 0 radical (unpaired) electrons. The standard InChI is InChI=1S/C70H126O12Si4/c1-29-32-34-55-64(80-84(23,24)68(12,13)14)66(82-86(27,28)70(18,19)20)65(81-85(25,26)69(15,16)17)63(77-55)56(79-83(21,22)67(9,10)11)39-36-50(71)35-37-51-42-46(5)54(73-51)40-38-52-41-45(4)48(7)57(74-52)44-59-62(78-60(72)31-3)49(8)61-58(75-59)43-47(6)53(76-61)33-30-2/h29,31,36,39,45,47,49,51-59,61-66H,1,3,5,7,30,32-35,37-38,40-44H2,2,4,6,8-28H3/b39-36+/t45-,47-,49+,51+,52+,53-,54?,55+,56+,57?,58?,59+,61+,62-,63+,64+,65-,66+/m1/s1. The molecule has 0 spiro atoms. The number of ketones is 1. The first kappa shape index (κ1) is 75.1. The zero-order valence-corrected chi connectivity index (χ0v) is 62.9. The third kappa shape index (κ3) is 18.8. The lowest BCUT2D eigenvalue weighted by atomic mass is 9.78. The Balaban J connectivity index is 1.36. The van der Waals surface area contributed by atoms with Gasteiger partial charge in [0.25, 0.3) is 0 Å². The Kier molecular flexibility index (Phi) is 25.8. The van der Waals surface area contributed by atoms with Gasteiger partial charge in [-0.25, -0.2) is 4.79 Å². The molecule has 0 aromatic carbocycles. The highest BCUT2D eigenvalue weighted by molar-refractivity contribution is 6.75. The molecule has 12 nitrogen and oxygen atoms in total. The van der Waals surface area contributed by atoms with Gasteiger partial charge in [0.2, 0.25) is 0 Å². The van der Waals surface area contributed by atoms with Crippen molar-refractivity contribution in [2.24, 2.45) is 17.8 Å². The monoisotopic (exact) mass is 1270 g/mol. The summed E-state index contributed by atoms with van der Waals surface area (Å²) in [7, 11) is -9.99. The normalized spacial score (nSPS) is 33.4. The smallest absolute Gasteiger partial charge is 0.330 e. The van der Waals surface area contributed by atoms with Crippen molar-refractivity contribution in [3.8, 4) is 0 Å². The molecule has 5 heterocycles. The second-order valence-electron chi connectivity index (χ2n) is 32.9. The highest BCUT2D eigenvalue weighted by atomic mass is 28.4. The van der Waals surface area contributed by atoms with Crippen LogP contribution in [0.25, 0.3) is 0 Å². The average Bonchev–Trinajstić information content (AvgIpc) is 0.882. The predicted molar refractivity (Wildman–Crippen MR) is 363 cm³/mol. The van der Waals surface area contributed by atoms with E-state index < -0.39 is 75.9 Å². The molecular formula is C70H126O12Si4. The molecule has 0 aromatic rings. The number of rotatable bonds is 26. The van der Waals surface area contributed by atoms with E-state index in [4.69, 9.17) is 46.1 Å². The van der Waals surface area contributed by atoms with Crippen LogP contribution in [0.3, 0.4) is 0 Å². The minimum Gasteiger partial charge on any atom is -0.456 e. The number of carbonyl (C=O) groups is 2. The van der Waals surface area contributed by atoms with E-state index in [1.807, 2.05) is 12.2 Å². The van der Waals surface area contributed by atoms with Gasteiger partial charge < -0.3 is 46.1 Å². The number of hydrogen-bond acceptors (Lipinski definition) is 12. The summed E-state index contributed by atoms with van der Waals surface area (Å²) in [4.78, 5) is 27.2. The molecule has 16 heteroatoms. The second kappa shape index (κ2) is 29.5. The van der Waals surface area contributed by atoms with E-state index in [-0.39, 0.29) is 92.7 Å². The SMILES string of the molecule is C=CCC[C@@H]1O[C@@H]([C@H](/C=C/C(=O)CC[C@H]2CC(=C)C(CC[C@H]3C[C@@H](C)C(=C)C(C[C@@H]4OC5C[C@@H](C)[C@@H](CCC)O[C@H]5[C@H](C)[C@H]4OC(=O)C=C)O3)O2)O[Si](C)(C)C(C)(C)C)[C@@H](O[Si](C)(C)C(C)(C)C)[C@@H](O[Si](C)(C)C(C)(C)C)[C@H]1O[Si](C)(C)C(C)(C)C. The Morgan fingerprint density at radius 1 is 0.616 bits per heavy atom. The fraction of sp³-hybridized carbons (Fsp3) is 0.829. The Hall–Kier alpha value is -1.65. The number of esters is 1. The Morgan fingerprint density at radius 2 is 1.17 bits per heavy atom. The summed E-state index contributed by atoms with van der Waals surface area (Å²) >= 11 is 0. The van der Waals surface area contributed by atoms with Crippen LogP contribution < -0.4 is 0 Å². The molecule has 0 saturated carbocycles. The van der Waals surface area contributed by atoms with Crippen molar-refractivity contribution in [2.45, 2.75) is 352 Å². The van der Waals surface area contributed by atoms with Crippen molar-refractivity contribution >= 4 is 45.0 Å². The maximum Gasteiger partial charge on any atom is 0.330 e. The van der Waals surface area contributed by atoms with Crippen LogP contribution in [-0.2, 0) is 55.7 Å². The molecule has 0 N–H and O–H groups in total. The molecule has 5 fully saturated rings. The molecule has 0 amide bonds. The molecule has 3 unspecified atom stereocenters. The van der Waals surface area contributed by atoms with Crippen molar-refractivity contribution < 1.29 is 55.7 Å². The molecule has 5 aliphatic heterocycles. The van der Waals surface area contributed by atoms with Crippen LogP contribution in [0.15, 0.2) is 61.8 Å². The van der Waals surface area contributed by atoms with Crippen molar-refractivity contribution in [1.29, 1.82) is 0 Å². The molecule has 5 aliphatic rings. The van der Waals surface area contributed by atoms with Gasteiger partial charge in [-0.15, -0.1) is 6.58 Å². The lowest BCUT2D eigenvalue weighted by Crippen LogP contribution is -2.69. The Morgan fingerprint density at radius 3 is 1.72 bits per heavy atom. The maximum atomic E-state index is 14.4. The largest absolute Gasteiger partial charge is 0.456 e. The van der Waals surface area contributed by atoms with Crippen LogP contribution in [0, 0.1) is 17.8 Å². The van der Waals surface area contributed by atoms with Gasteiger partial charge in [-0.1, -0.05) is 149 Å². The molecule has 494 valence electrons. The van der Waals surface area contributed by atoms with E-state index in [2.05, 4.69) is 189 Å². The predicted octanol–water partition coefficient (Wildman–Crippen LogP) is 17.5. The molecule has 5 saturated heterocycles. The quantitative estimate of drug-likeness (QED) is 0.0354. The number of ether oxygens (including phenoxy) is 6. The molecule has 0 bridgehead atoms. The first-order chi connectivity index (χ1) is 39.4. The summed E-state index contributed by atoms with van der Waals surface area (Å²) in [5.74, 6) is 0.0800. The van der Waals surface area contributed by atoms with Gasteiger partial charge in [-0.05, 0) is 159 Å². The molecule has 5 rings (SSSR count). The second-order valence-corrected chi connectivity index (χ2v) is 52.0. The van der Waals surface area contributed by atoms with Crippen LogP contribution >= 0.6 is 0 Å². The molecule has 86 heavy (non-hydrogen) atoms. The number of fused-ring (bicyclic) bond motifs is 1. The lowest BCUT2D eigenvalue weighted by Gasteiger charge is -2.56. The van der Waals surface area contributed by atoms with E-state index in [1.54, 1.807) is 6.08 Å². The Labute approximate surface area is 529 Å². The van der Waals surface area contributed by atoms with E-state index in [0.29, 0.717) is 38.0 Å². The zero-order chi connectivity index (χ0) is 65.1. The zero-order valence-electron chi connectivity index (χ0n) is 58.9. The minimum absolute atomic E-state index is 0.0102. The fourth-order valence-corrected chi connectivity index (χ4v) is 17.3. The van der Waals surface area contributed by atoms with Crippen LogP contribution in [0.2, 0.25) is 72.5 Å². The van der Waals surface area contributed by atoms with Gasteiger partial charge in [0.15, 0.2) is 39.1 Å². The van der Waals surface area contributed by atoms with Gasteiger partial charge in [0.05, 0.1) is 67.1 Å². The van der Waals surface area contributed by atoms with E-state index >= 15 is 0 Å². The van der Waals surface area contributed by atoms with Gasteiger partial charge >= 0.3 is 5.97 Å². The van der Waals surface area contributed by atoms with Crippen LogP contribution in [0.5, 0.6) is 0 Å². The van der Waals surface area contributed by atoms with Crippen LogP contribution in [-0.4, -0.2) is 137 Å². The topological polar surface area (TPSA) is 126 Å². The van der Waals surface area contributed by atoms with Gasteiger partial charge in [0.1, 0.15) is 24.4 Å². The Bertz CT molecular complexity index is 2320. The summed E-state index contributed by atoms with van der Waals surface area (Å²) in [5.41, 5.74) is 2.10. The lowest BCUT2D eigenvalue weighted by molar-refractivity contribution is -0.263. The number of carbonyl (C=O) groups excluding carboxylic acids is 2. The minimum atomic E-state index is -2.54. The van der Waals surface area contributed by atoms with Crippen molar-refractivity contribution in [2.75, 3.05) is 0 Å². The maximum absolute atomic E-state index is 14.4. The van der Waals surface area contributed by atoms with Gasteiger partial charge in [-0.2, -0.15) is 0 Å². The third-order valence-electron chi connectivity index (χ3n) is 22.0. The number of allylic oxidation sites excluding steroid dienone is 2. The first-order valence-electron chi connectivity index (χ1n) is 33.4. The molecule has 0 aliphatic carbocycles. The summed E-state index contributed by atoms with van der Waals surface area (Å²) in [5, 5.41) is -0.440. The molecular weight excluding hydrogens is 1150 g/mol. The van der Waals surface area contributed by atoms with Crippen molar-refractivity contribution in [3.63, 3.8) is 0 Å². The summed E-state index contributed by atoms with van der Waals surface area (Å²) in [6.07, 6.45) is 11.3. The fourth-order valence-electron chi connectivity index (χ4n) is 12.1. The highest BCUT2D eigenvalue weighted by Gasteiger charge is 2.59. The third-order valence-corrected chi connectivity index (χ3v) is 39.9. The summed E-state index contributed by atoms with van der Waals surface area (Å²) in [6, 6.07) is 0. The summed E-state index contributed by atoms with van der Waals surface area (Å²) in [6.45, 7) is 71.5. The average molecular weight is 1270 g/mol. The van der Waals surface area contributed by atoms with Crippen molar-refractivity contribution in [1.82, 2.24) is 0 Å². The van der Waals surface area contributed by atoms with E-state index in [9.17, 15) is 9.59 Å². The van der Waals surface area contributed by atoms with Gasteiger partial charge in [0, 0.05) is 24.8 Å². The molecule has 0 aromatic heterocycles. The van der Waals surface area contributed by atoms with Crippen molar-refractivity contribution in [3.05, 3.63) is 61.8 Å². The van der Waals surface area contributed by atoms with E-state index in [1.165, 1.54) is 6.08 Å². The molecule has 18 atom stereocenters. The number of hydrogen-bond donors (Lipinski definition) is 0. The van der Waals surface area contributed by atoms with Crippen LogP contribution in [0.1, 0.15) is 188 Å². The van der Waals surface area contributed by atoms with Gasteiger partial charge in [-0.3, -0.25) is 4.79 Å². The van der Waals surface area contributed by atoms with E-state index in [0.717, 1.165) is 56.1 Å². The summed E-state index contributed by atoms with van der Waals surface area (Å²) < 4.78 is 71.7. The van der Waals surface area contributed by atoms with Crippen LogP contribution in [0.4, 0.5) is 0 Å².